The van der Waals surface area contributed by atoms with E-state index in [1.807, 2.05) is 13.0 Å². The molecular formula is C18H20ClFN2O3S. The Morgan fingerprint density at radius 3 is 2.58 bits per heavy atom. The van der Waals surface area contributed by atoms with Gasteiger partial charge >= 0.3 is 0 Å². The maximum absolute atomic E-state index is 13.1. The summed E-state index contributed by atoms with van der Waals surface area (Å²) in [7, 11) is -3.46. The summed E-state index contributed by atoms with van der Waals surface area (Å²) < 4.78 is 38.5. The molecule has 0 saturated heterocycles. The molecule has 0 atom stereocenters. The highest BCUT2D eigenvalue weighted by atomic mass is 35.5. The van der Waals surface area contributed by atoms with Crippen molar-refractivity contribution in [1.82, 2.24) is 0 Å². The molecule has 0 fully saturated rings. The van der Waals surface area contributed by atoms with Gasteiger partial charge in [-0.3, -0.25) is 9.10 Å². The quantitative estimate of drug-likeness (QED) is 0.767. The molecule has 0 aliphatic heterocycles. The minimum Gasteiger partial charge on any atom is -0.326 e. The molecule has 0 radical (unpaired) electrons. The molecule has 0 unspecified atom stereocenters. The minimum atomic E-state index is -3.46. The van der Waals surface area contributed by atoms with Crippen LogP contribution in [0.1, 0.15) is 18.4 Å². The Morgan fingerprint density at radius 1 is 1.23 bits per heavy atom. The van der Waals surface area contributed by atoms with Gasteiger partial charge in [0.1, 0.15) is 5.82 Å². The lowest BCUT2D eigenvalue weighted by molar-refractivity contribution is -0.116. The summed E-state index contributed by atoms with van der Waals surface area (Å²) in [6.07, 6.45) is 1.59. The Balaban J connectivity index is 1.96. The van der Waals surface area contributed by atoms with Crippen LogP contribution in [0.3, 0.4) is 0 Å². The van der Waals surface area contributed by atoms with E-state index in [1.165, 1.54) is 22.5 Å². The fourth-order valence-corrected chi connectivity index (χ4v) is 3.59. The van der Waals surface area contributed by atoms with E-state index in [0.29, 0.717) is 17.8 Å². The lowest BCUT2D eigenvalue weighted by atomic mass is 10.2. The predicted molar refractivity (Wildman–Crippen MR) is 103 cm³/mol. The molecule has 2 aromatic carbocycles. The van der Waals surface area contributed by atoms with Gasteiger partial charge in [0.2, 0.25) is 15.9 Å². The van der Waals surface area contributed by atoms with E-state index in [4.69, 9.17) is 11.6 Å². The number of sulfonamides is 1. The highest BCUT2D eigenvalue weighted by Crippen LogP contribution is 2.21. The Kier molecular flexibility index (Phi) is 6.61. The van der Waals surface area contributed by atoms with E-state index in [9.17, 15) is 17.6 Å². The zero-order valence-corrected chi connectivity index (χ0v) is 16.1. The van der Waals surface area contributed by atoms with Crippen molar-refractivity contribution < 1.29 is 17.6 Å². The van der Waals surface area contributed by atoms with E-state index in [1.54, 1.807) is 18.2 Å². The van der Waals surface area contributed by atoms with Gasteiger partial charge in [0.25, 0.3) is 0 Å². The maximum atomic E-state index is 13.1. The van der Waals surface area contributed by atoms with E-state index < -0.39 is 15.8 Å². The molecule has 0 heterocycles. The summed E-state index contributed by atoms with van der Waals surface area (Å²) >= 11 is 5.67. The van der Waals surface area contributed by atoms with Gasteiger partial charge in [-0.15, -0.1) is 0 Å². The van der Waals surface area contributed by atoms with Crippen molar-refractivity contribution in [3.63, 3.8) is 0 Å². The molecule has 0 aliphatic rings. The first-order valence-corrected chi connectivity index (χ1v) is 10.2. The Morgan fingerprint density at radius 2 is 1.96 bits per heavy atom. The number of hydrogen-bond acceptors (Lipinski definition) is 3. The number of carbonyl (C=O) groups excluding carboxylic acids is 1. The molecular weight excluding hydrogens is 379 g/mol. The van der Waals surface area contributed by atoms with Gasteiger partial charge in [0.15, 0.2) is 0 Å². The lowest BCUT2D eigenvalue weighted by Crippen LogP contribution is -2.31. The third-order valence-electron chi connectivity index (χ3n) is 3.66. The van der Waals surface area contributed by atoms with E-state index >= 15 is 0 Å². The number of rotatable bonds is 7. The molecule has 0 saturated carbocycles. The number of carbonyl (C=O) groups is 1. The standard InChI is InChI=1S/C18H20ClFN2O3S/c1-13-5-3-6-15(11-13)22(26(2,24)25)10-4-7-18(23)21-14-8-9-17(20)16(19)12-14/h3,5-6,8-9,11-12H,4,7,10H2,1-2H3,(H,21,23). The van der Waals surface area contributed by atoms with Crippen molar-refractivity contribution >= 4 is 38.9 Å². The molecule has 0 bridgehead atoms. The average Bonchev–Trinajstić information content (AvgIpc) is 2.54. The summed E-state index contributed by atoms with van der Waals surface area (Å²) in [6, 6.07) is 11.1. The molecule has 2 aromatic rings. The van der Waals surface area contributed by atoms with Crippen molar-refractivity contribution in [2.75, 3.05) is 22.4 Å². The summed E-state index contributed by atoms with van der Waals surface area (Å²) in [5, 5.41) is 2.54. The van der Waals surface area contributed by atoms with Crippen molar-refractivity contribution in [2.45, 2.75) is 19.8 Å². The number of benzene rings is 2. The Labute approximate surface area is 157 Å². The number of anilines is 2. The molecule has 2 rings (SSSR count). The van der Waals surface area contributed by atoms with Crippen LogP contribution in [0.15, 0.2) is 42.5 Å². The smallest absolute Gasteiger partial charge is 0.232 e. The van der Waals surface area contributed by atoms with Gasteiger partial charge < -0.3 is 5.32 Å². The molecule has 26 heavy (non-hydrogen) atoms. The highest BCUT2D eigenvalue weighted by molar-refractivity contribution is 7.92. The van der Waals surface area contributed by atoms with Gasteiger partial charge in [-0.25, -0.2) is 12.8 Å². The Hall–Kier alpha value is -2.12. The van der Waals surface area contributed by atoms with Crippen LogP contribution in [0.25, 0.3) is 0 Å². The molecule has 0 spiro atoms. The first-order valence-electron chi connectivity index (χ1n) is 7.96. The second-order valence-corrected chi connectivity index (χ2v) is 8.27. The lowest BCUT2D eigenvalue weighted by Gasteiger charge is -2.22. The van der Waals surface area contributed by atoms with Crippen molar-refractivity contribution in [1.29, 1.82) is 0 Å². The normalized spacial score (nSPS) is 11.2. The first-order chi connectivity index (χ1) is 12.2. The van der Waals surface area contributed by atoms with Crippen LogP contribution in [-0.4, -0.2) is 27.1 Å². The van der Waals surface area contributed by atoms with E-state index in [-0.39, 0.29) is 23.9 Å². The van der Waals surface area contributed by atoms with Crippen LogP contribution in [0.4, 0.5) is 15.8 Å². The third kappa shape index (κ3) is 5.71. The van der Waals surface area contributed by atoms with Crippen LogP contribution in [0.2, 0.25) is 5.02 Å². The van der Waals surface area contributed by atoms with Crippen LogP contribution in [0.5, 0.6) is 0 Å². The number of nitrogens with zero attached hydrogens (tertiary/aromatic N) is 1. The summed E-state index contributed by atoms with van der Waals surface area (Å²) in [5.74, 6) is -0.864. The zero-order valence-electron chi connectivity index (χ0n) is 14.5. The Bertz CT molecular complexity index is 903. The first kappa shape index (κ1) is 20.2. The minimum absolute atomic E-state index is 0.0782. The van der Waals surface area contributed by atoms with Crippen LogP contribution in [0, 0.1) is 12.7 Å². The van der Waals surface area contributed by atoms with Gasteiger partial charge in [-0.2, -0.15) is 0 Å². The van der Waals surface area contributed by atoms with Gasteiger partial charge in [0, 0.05) is 18.7 Å². The fourth-order valence-electron chi connectivity index (χ4n) is 2.45. The highest BCUT2D eigenvalue weighted by Gasteiger charge is 2.17. The third-order valence-corrected chi connectivity index (χ3v) is 5.14. The van der Waals surface area contributed by atoms with Crippen LogP contribution < -0.4 is 9.62 Å². The predicted octanol–water partition coefficient (Wildman–Crippen LogP) is 3.97. The molecule has 0 aliphatic carbocycles. The number of hydrogen-bond donors (Lipinski definition) is 1. The molecule has 1 amide bonds. The average molecular weight is 399 g/mol. The monoisotopic (exact) mass is 398 g/mol. The largest absolute Gasteiger partial charge is 0.326 e. The van der Waals surface area contributed by atoms with Gasteiger partial charge in [-0.1, -0.05) is 23.7 Å². The molecule has 140 valence electrons. The summed E-state index contributed by atoms with van der Waals surface area (Å²) in [4.78, 5) is 12.0. The molecule has 8 heteroatoms. The summed E-state index contributed by atoms with van der Waals surface area (Å²) in [5.41, 5.74) is 1.90. The van der Waals surface area contributed by atoms with Crippen molar-refractivity contribution in [3.8, 4) is 0 Å². The molecule has 1 N–H and O–H groups in total. The second kappa shape index (κ2) is 8.51. The van der Waals surface area contributed by atoms with E-state index in [2.05, 4.69) is 5.32 Å². The molecule has 5 nitrogen and oxygen atoms in total. The topological polar surface area (TPSA) is 66.5 Å². The van der Waals surface area contributed by atoms with Crippen molar-refractivity contribution in [2.24, 2.45) is 0 Å². The summed E-state index contributed by atoms with van der Waals surface area (Å²) in [6.45, 7) is 2.06. The van der Waals surface area contributed by atoms with Gasteiger partial charge in [0.05, 0.1) is 17.0 Å². The number of nitrogens with one attached hydrogen (secondary N) is 1. The number of halogens is 2. The van der Waals surface area contributed by atoms with Crippen LogP contribution >= 0.6 is 11.6 Å². The fraction of sp³-hybridized carbons (Fsp3) is 0.278. The molecule has 0 aromatic heterocycles. The second-order valence-electron chi connectivity index (χ2n) is 5.95. The SMILES string of the molecule is Cc1cccc(N(CCCC(=O)Nc2ccc(F)c(Cl)c2)S(C)(=O)=O)c1. The van der Waals surface area contributed by atoms with Gasteiger partial charge in [-0.05, 0) is 49.2 Å². The number of aryl methyl sites for hydroxylation is 1. The van der Waals surface area contributed by atoms with E-state index in [0.717, 1.165) is 11.8 Å². The zero-order chi connectivity index (χ0) is 19.3. The van der Waals surface area contributed by atoms with Crippen LogP contribution in [-0.2, 0) is 14.8 Å². The number of amides is 1. The van der Waals surface area contributed by atoms with Crippen molar-refractivity contribution in [3.05, 3.63) is 58.9 Å². The maximum Gasteiger partial charge on any atom is 0.232 e.